The van der Waals surface area contributed by atoms with Gasteiger partial charge in [-0.05, 0) is 131 Å². The van der Waals surface area contributed by atoms with Gasteiger partial charge in [0, 0.05) is 17.9 Å². The van der Waals surface area contributed by atoms with Crippen LogP contribution in [0, 0.1) is 0 Å². The maximum absolute atomic E-state index is 4.81. The zero-order valence-corrected chi connectivity index (χ0v) is 31.3. The first-order chi connectivity index (χ1) is 20.0. The Kier molecular flexibility index (Phi) is 9.13. The summed E-state index contributed by atoms with van der Waals surface area (Å²) in [7, 11) is 0. The van der Waals surface area contributed by atoms with Crippen molar-refractivity contribution in [3.05, 3.63) is 137 Å². The lowest BCUT2D eigenvalue weighted by atomic mass is 9.32. The first-order valence-corrected chi connectivity index (χ1v) is 18.4. The first kappa shape index (κ1) is 31.6. The fourth-order valence-corrected chi connectivity index (χ4v) is 10.1. The molecule has 0 saturated heterocycles. The summed E-state index contributed by atoms with van der Waals surface area (Å²) in [6.07, 6.45) is 7.25. The van der Waals surface area contributed by atoms with Gasteiger partial charge in [-0.1, -0.05) is 147 Å². The van der Waals surface area contributed by atoms with Crippen LogP contribution in [0.2, 0.25) is 0 Å². The van der Waals surface area contributed by atoms with E-state index in [9.17, 15) is 0 Å². The molecule has 0 radical (unpaired) electrons. The van der Waals surface area contributed by atoms with E-state index in [0.29, 0.717) is 0 Å². The van der Waals surface area contributed by atoms with Gasteiger partial charge in [0.2, 0.25) is 0 Å². The van der Waals surface area contributed by atoms with Gasteiger partial charge in [-0.3, -0.25) is 0 Å². The Hall–Kier alpha value is -0.330. The molecule has 4 aliphatic rings. The monoisotopic (exact) mass is 870 g/mol. The Labute approximate surface area is 297 Å². The molecule has 0 atom stereocenters. The molecule has 4 fully saturated rings. The highest BCUT2D eigenvalue weighted by Crippen LogP contribution is 2.74. The zero-order valence-electron chi connectivity index (χ0n) is 22.7. The predicted octanol–water partition coefficient (Wildman–Crippen LogP) is 13.2. The molecule has 218 valence electrons. The number of rotatable bonds is 4. The van der Waals surface area contributed by atoms with Crippen LogP contribution in [0.4, 0.5) is 0 Å². The van der Waals surface area contributed by atoms with E-state index in [4.69, 9.17) is 34.8 Å². The van der Waals surface area contributed by atoms with Gasteiger partial charge in [-0.2, -0.15) is 0 Å². The van der Waals surface area contributed by atoms with Crippen molar-refractivity contribution in [2.75, 3.05) is 0 Å². The fraction of sp³-hybridized carbons (Fsp3) is 0.314. The lowest BCUT2D eigenvalue weighted by Gasteiger charge is -2.71. The maximum atomic E-state index is 4.81. The van der Waals surface area contributed by atoms with Crippen molar-refractivity contribution in [1.29, 1.82) is 0 Å². The summed E-state index contributed by atoms with van der Waals surface area (Å²) < 4.78 is 3.86. The summed E-state index contributed by atoms with van der Waals surface area (Å²) >= 11 is 29.2. The summed E-state index contributed by atoms with van der Waals surface area (Å²) in [6.45, 7) is 0. The molecule has 0 heterocycles. The number of hydrogen-bond donors (Lipinski definition) is 0. The Morgan fingerprint density at radius 1 is 0.357 bits per heavy atom. The number of hydrogen-bond acceptors (Lipinski definition) is 0. The van der Waals surface area contributed by atoms with Crippen molar-refractivity contribution < 1.29 is 0 Å². The molecule has 7 heteroatoms. The molecule has 0 aromatic heterocycles. The molecule has 4 bridgehead atoms. The molecule has 4 aliphatic carbocycles. The standard InChI is InChI=1S/C34H28Br4.CHCl3/c35-27-9-1-23(2-10-27)31-17-32(24-3-11-28(36)12-4-24)20-33(18-31,25-5-13-29(37)14-6-25)22-34(19-31,21-32)26-7-15-30(38)16-8-26;2-1(3)4/h1-16H,17-22H2;1H. The number of alkyl halides is 3. The van der Waals surface area contributed by atoms with Crippen LogP contribution in [0.5, 0.6) is 0 Å². The van der Waals surface area contributed by atoms with Gasteiger partial charge in [0.05, 0.1) is 0 Å². The highest BCUT2D eigenvalue weighted by molar-refractivity contribution is 9.11. The van der Waals surface area contributed by atoms with E-state index in [-0.39, 0.29) is 21.7 Å². The van der Waals surface area contributed by atoms with E-state index >= 15 is 0 Å². The van der Waals surface area contributed by atoms with E-state index in [1.54, 1.807) is 0 Å². The van der Waals surface area contributed by atoms with E-state index in [2.05, 4.69) is 161 Å². The molecule has 0 amide bonds. The van der Waals surface area contributed by atoms with Crippen molar-refractivity contribution in [2.45, 2.75) is 64.5 Å². The first-order valence-electron chi connectivity index (χ1n) is 13.9. The third kappa shape index (κ3) is 5.97. The lowest BCUT2D eigenvalue weighted by Crippen LogP contribution is -2.67. The van der Waals surface area contributed by atoms with Crippen LogP contribution < -0.4 is 0 Å². The Morgan fingerprint density at radius 2 is 0.500 bits per heavy atom. The molecule has 4 aromatic rings. The second kappa shape index (κ2) is 12.1. The molecule has 0 N–H and O–H groups in total. The minimum absolute atomic E-state index is 0.114. The largest absolute Gasteiger partial charge is 0.180 e. The van der Waals surface area contributed by atoms with Gasteiger partial charge >= 0.3 is 0 Å². The average Bonchev–Trinajstić information content (AvgIpc) is 2.93. The summed E-state index contributed by atoms with van der Waals surface area (Å²) in [5.41, 5.74) is 6.47. The van der Waals surface area contributed by atoms with Gasteiger partial charge in [0.1, 0.15) is 0 Å². The minimum Gasteiger partial charge on any atom is -0.0874 e. The van der Waals surface area contributed by atoms with E-state index in [0.717, 1.165) is 17.9 Å². The van der Waals surface area contributed by atoms with Crippen molar-refractivity contribution in [3.8, 4) is 0 Å². The molecule has 4 saturated carbocycles. The smallest absolute Gasteiger partial charge is 0.0874 e. The van der Waals surface area contributed by atoms with Gasteiger partial charge in [-0.15, -0.1) is 0 Å². The van der Waals surface area contributed by atoms with E-state index in [1.165, 1.54) is 60.8 Å². The molecule has 42 heavy (non-hydrogen) atoms. The third-order valence-electron chi connectivity index (χ3n) is 9.89. The third-order valence-corrected chi connectivity index (χ3v) is 12.0. The number of benzene rings is 4. The normalized spacial score (nSPS) is 29.3. The molecule has 0 nitrogen and oxygen atoms in total. The molecular formula is C35H29Br4Cl3. The van der Waals surface area contributed by atoms with Gasteiger partial charge in [0.15, 0.2) is 4.30 Å². The van der Waals surface area contributed by atoms with Crippen LogP contribution in [-0.4, -0.2) is 4.30 Å². The van der Waals surface area contributed by atoms with Gasteiger partial charge < -0.3 is 0 Å². The zero-order chi connectivity index (χ0) is 29.8. The SMILES string of the molecule is Brc1ccc(C23CC4(c5ccc(Br)cc5)CC(c5ccc(Br)cc5)(C2)CC(c2ccc(Br)cc2)(C3)C4)cc1.ClC(Cl)Cl. The maximum Gasteiger partial charge on any atom is 0.180 e. The van der Waals surface area contributed by atoms with Crippen LogP contribution in [0.3, 0.4) is 0 Å². The van der Waals surface area contributed by atoms with Gasteiger partial charge in [0.25, 0.3) is 0 Å². The van der Waals surface area contributed by atoms with Crippen LogP contribution in [-0.2, 0) is 21.7 Å². The molecule has 0 spiro atoms. The summed E-state index contributed by atoms with van der Waals surface area (Å²) in [4.78, 5) is 0. The summed E-state index contributed by atoms with van der Waals surface area (Å²) in [6, 6.07) is 37.2. The van der Waals surface area contributed by atoms with Crippen LogP contribution in [0.1, 0.15) is 60.8 Å². The van der Waals surface area contributed by atoms with E-state index in [1.807, 2.05) is 0 Å². The van der Waals surface area contributed by atoms with Crippen LogP contribution in [0.15, 0.2) is 115 Å². The Morgan fingerprint density at radius 3 is 0.643 bits per heavy atom. The second-order valence-electron chi connectivity index (χ2n) is 12.5. The van der Waals surface area contributed by atoms with Crippen LogP contribution in [0.25, 0.3) is 0 Å². The van der Waals surface area contributed by atoms with Crippen molar-refractivity contribution >= 4 is 98.5 Å². The van der Waals surface area contributed by atoms with Gasteiger partial charge in [-0.25, -0.2) is 0 Å². The van der Waals surface area contributed by atoms with Crippen LogP contribution >= 0.6 is 98.5 Å². The highest BCUT2D eigenvalue weighted by atomic mass is 79.9. The van der Waals surface area contributed by atoms with Crippen molar-refractivity contribution in [3.63, 3.8) is 0 Å². The molecular weight excluding hydrogens is 846 g/mol. The lowest BCUT2D eigenvalue weighted by molar-refractivity contribution is -0.0691. The Bertz CT molecular complexity index is 1280. The van der Waals surface area contributed by atoms with Crippen molar-refractivity contribution in [1.82, 2.24) is 0 Å². The molecule has 8 rings (SSSR count). The Balaban J connectivity index is 0.000000744. The minimum atomic E-state index is -0.750. The molecule has 0 unspecified atom stereocenters. The fourth-order valence-electron chi connectivity index (χ4n) is 9.07. The summed E-state index contributed by atoms with van der Waals surface area (Å²) in [5.74, 6) is 0. The number of halogens is 7. The molecule has 4 aromatic carbocycles. The highest BCUT2D eigenvalue weighted by Gasteiger charge is 2.69. The van der Waals surface area contributed by atoms with Crippen molar-refractivity contribution in [2.24, 2.45) is 0 Å². The quantitative estimate of drug-likeness (QED) is 0.179. The predicted molar refractivity (Wildman–Crippen MR) is 192 cm³/mol. The van der Waals surface area contributed by atoms with E-state index < -0.39 is 4.30 Å². The summed E-state index contributed by atoms with van der Waals surface area (Å²) in [5, 5.41) is 0. The second-order valence-corrected chi connectivity index (χ2v) is 18.1. The topological polar surface area (TPSA) is 0 Å². The molecule has 0 aliphatic heterocycles. The average molecular weight is 876 g/mol.